The van der Waals surface area contributed by atoms with Gasteiger partial charge in [-0.3, -0.25) is 34.2 Å². The first kappa shape index (κ1) is 17.6. The summed E-state index contributed by atoms with van der Waals surface area (Å²) >= 11 is 0. The Hall–Kier alpha value is -3.74. The number of esters is 1. The van der Waals surface area contributed by atoms with E-state index in [1.54, 1.807) is 0 Å². The van der Waals surface area contributed by atoms with Crippen molar-refractivity contribution in [3.05, 3.63) is 39.4 Å². The minimum atomic E-state index is -1.02. The van der Waals surface area contributed by atoms with Crippen LogP contribution in [0, 0.1) is 22.5 Å². The average molecular weight is 345 g/mol. The number of ether oxygens (including phenoxy) is 1. The molecule has 1 aliphatic heterocycles. The van der Waals surface area contributed by atoms with Crippen LogP contribution in [0.1, 0.15) is 20.7 Å². The van der Waals surface area contributed by atoms with Crippen LogP contribution in [0.15, 0.2) is 18.2 Å². The first-order valence-corrected chi connectivity index (χ1v) is 6.86. The van der Waals surface area contributed by atoms with Gasteiger partial charge in [0, 0.05) is 6.07 Å². The number of fused-ring (bicyclic) bond motifs is 1. The molecule has 0 bridgehead atoms. The first-order chi connectivity index (χ1) is 11.9. The number of carbonyl (C=O) groups excluding carboxylic acids is 4. The van der Waals surface area contributed by atoms with Gasteiger partial charge in [-0.15, -0.1) is 6.42 Å². The minimum absolute atomic E-state index is 0.0432. The molecular formula is C15H11N3O7. The molecule has 1 heterocycles. The van der Waals surface area contributed by atoms with Gasteiger partial charge in [-0.25, -0.2) is 0 Å². The summed E-state index contributed by atoms with van der Waals surface area (Å²) in [6, 6.07) is 3.60. The number of carbonyl (C=O) groups is 4. The second-order valence-electron chi connectivity index (χ2n) is 4.79. The summed E-state index contributed by atoms with van der Waals surface area (Å²) in [6.45, 7) is -1.45. The predicted octanol–water partition coefficient (Wildman–Crippen LogP) is -0.517. The molecule has 0 unspecified atom stereocenters. The molecule has 10 heteroatoms. The fourth-order valence-corrected chi connectivity index (χ4v) is 2.13. The van der Waals surface area contributed by atoms with Gasteiger partial charge in [0.05, 0.1) is 17.0 Å². The molecule has 1 N–H and O–H groups in total. The van der Waals surface area contributed by atoms with E-state index in [4.69, 9.17) is 6.42 Å². The lowest BCUT2D eigenvalue weighted by molar-refractivity contribution is -0.385. The van der Waals surface area contributed by atoms with Gasteiger partial charge in [-0.2, -0.15) is 0 Å². The quantitative estimate of drug-likeness (QED) is 0.241. The van der Waals surface area contributed by atoms with Gasteiger partial charge in [-0.05, 0) is 6.07 Å². The van der Waals surface area contributed by atoms with Gasteiger partial charge >= 0.3 is 5.97 Å². The Morgan fingerprint density at radius 2 is 2.04 bits per heavy atom. The zero-order valence-electron chi connectivity index (χ0n) is 12.7. The van der Waals surface area contributed by atoms with E-state index in [0.29, 0.717) is 4.90 Å². The fourth-order valence-electron chi connectivity index (χ4n) is 2.13. The molecule has 0 radical (unpaired) electrons. The monoisotopic (exact) mass is 345 g/mol. The molecule has 0 fully saturated rings. The highest BCUT2D eigenvalue weighted by molar-refractivity contribution is 6.24. The maximum absolute atomic E-state index is 12.2. The zero-order valence-corrected chi connectivity index (χ0v) is 12.7. The number of terminal acetylenes is 1. The number of imide groups is 1. The smallest absolute Gasteiger partial charge is 0.326 e. The van der Waals surface area contributed by atoms with Gasteiger partial charge in [0.1, 0.15) is 12.1 Å². The molecule has 0 saturated carbocycles. The molecule has 0 aliphatic carbocycles. The zero-order chi connectivity index (χ0) is 18.6. The number of nitro groups is 1. The Bertz CT molecular complexity index is 825. The highest BCUT2D eigenvalue weighted by Gasteiger charge is 2.41. The van der Waals surface area contributed by atoms with Crippen molar-refractivity contribution in [2.45, 2.75) is 0 Å². The van der Waals surface area contributed by atoms with Crippen LogP contribution in [0.4, 0.5) is 5.69 Å². The van der Waals surface area contributed by atoms with Crippen LogP contribution in [-0.2, 0) is 14.3 Å². The van der Waals surface area contributed by atoms with Crippen molar-refractivity contribution in [3.63, 3.8) is 0 Å². The van der Waals surface area contributed by atoms with E-state index in [1.807, 2.05) is 0 Å². The maximum atomic E-state index is 12.2. The SMILES string of the molecule is C#CCNC(=O)COC(=O)CN1C(=O)c2cccc([N+](=O)[O-])c2C1=O. The van der Waals surface area contributed by atoms with E-state index >= 15 is 0 Å². The summed E-state index contributed by atoms with van der Waals surface area (Å²) in [4.78, 5) is 58.1. The molecule has 3 amide bonds. The second kappa shape index (κ2) is 7.22. The third-order valence-corrected chi connectivity index (χ3v) is 3.21. The molecule has 0 aromatic heterocycles. The standard InChI is InChI=1S/C15H11N3O7/c1-2-6-16-11(19)8-25-12(20)7-17-14(21)9-4-3-5-10(18(23)24)13(9)15(17)22/h1,3-5H,6-8H2,(H,16,19). The Morgan fingerprint density at radius 3 is 2.68 bits per heavy atom. The Morgan fingerprint density at radius 1 is 1.32 bits per heavy atom. The third-order valence-electron chi connectivity index (χ3n) is 3.21. The second-order valence-corrected chi connectivity index (χ2v) is 4.79. The molecular weight excluding hydrogens is 334 g/mol. The molecule has 25 heavy (non-hydrogen) atoms. The molecule has 1 aromatic rings. The van der Waals surface area contributed by atoms with Crippen molar-refractivity contribution >= 4 is 29.4 Å². The number of hydrogen-bond acceptors (Lipinski definition) is 7. The number of rotatable bonds is 6. The maximum Gasteiger partial charge on any atom is 0.326 e. The van der Waals surface area contributed by atoms with Crippen molar-refractivity contribution in [1.29, 1.82) is 0 Å². The highest BCUT2D eigenvalue weighted by Crippen LogP contribution is 2.30. The van der Waals surface area contributed by atoms with Crippen LogP contribution >= 0.6 is 0 Å². The number of amides is 3. The molecule has 0 spiro atoms. The van der Waals surface area contributed by atoms with Gasteiger partial charge in [0.2, 0.25) is 0 Å². The summed E-state index contributed by atoms with van der Waals surface area (Å²) in [5.41, 5.74) is -1.07. The number of nitrogens with zero attached hydrogens (tertiary/aromatic N) is 2. The Kier molecular flexibility index (Phi) is 5.09. The van der Waals surface area contributed by atoms with E-state index in [0.717, 1.165) is 6.07 Å². The van der Waals surface area contributed by atoms with Gasteiger partial charge in [-0.1, -0.05) is 12.0 Å². The highest BCUT2D eigenvalue weighted by atomic mass is 16.6. The van der Waals surface area contributed by atoms with E-state index in [-0.39, 0.29) is 17.7 Å². The number of benzene rings is 1. The van der Waals surface area contributed by atoms with Crippen LogP contribution in [0.25, 0.3) is 0 Å². The third kappa shape index (κ3) is 3.61. The van der Waals surface area contributed by atoms with Crippen molar-refractivity contribution in [2.75, 3.05) is 19.7 Å². The largest absolute Gasteiger partial charge is 0.454 e. The number of hydrogen-bond donors (Lipinski definition) is 1. The molecule has 0 saturated heterocycles. The lowest BCUT2D eigenvalue weighted by atomic mass is 10.1. The van der Waals surface area contributed by atoms with Crippen LogP contribution in [0.3, 0.4) is 0 Å². The van der Waals surface area contributed by atoms with Crippen molar-refractivity contribution in [2.24, 2.45) is 0 Å². The normalized spacial score (nSPS) is 12.4. The summed E-state index contributed by atoms with van der Waals surface area (Å²) in [5, 5.41) is 13.2. The average Bonchev–Trinajstić information content (AvgIpc) is 2.83. The molecule has 10 nitrogen and oxygen atoms in total. The van der Waals surface area contributed by atoms with E-state index in [1.165, 1.54) is 12.1 Å². The number of nitrogens with one attached hydrogen (secondary N) is 1. The van der Waals surface area contributed by atoms with Gasteiger partial charge in [0.25, 0.3) is 23.4 Å². The Balaban J connectivity index is 2.06. The number of nitro benzene ring substituents is 1. The van der Waals surface area contributed by atoms with Crippen LogP contribution < -0.4 is 5.32 Å². The molecule has 2 rings (SSSR count). The van der Waals surface area contributed by atoms with Crippen LogP contribution in [0.5, 0.6) is 0 Å². The summed E-state index contributed by atoms with van der Waals surface area (Å²) in [5.74, 6) is -1.33. The minimum Gasteiger partial charge on any atom is -0.454 e. The van der Waals surface area contributed by atoms with E-state index in [2.05, 4.69) is 16.0 Å². The molecule has 1 aliphatic rings. The van der Waals surface area contributed by atoms with Gasteiger partial charge in [0.15, 0.2) is 6.61 Å². The lowest BCUT2D eigenvalue weighted by Gasteiger charge is -2.12. The summed E-state index contributed by atoms with van der Waals surface area (Å²) in [6.07, 6.45) is 4.95. The molecule has 0 atom stereocenters. The summed E-state index contributed by atoms with van der Waals surface area (Å²) in [7, 11) is 0. The van der Waals surface area contributed by atoms with E-state index < -0.39 is 47.5 Å². The molecule has 1 aromatic carbocycles. The topological polar surface area (TPSA) is 136 Å². The van der Waals surface area contributed by atoms with Crippen LogP contribution in [0.2, 0.25) is 0 Å². The lowest BCUT2D eigenvalue weighted by Crippen LogP contribution is -2.37. The summed E-state index contributed by atoms with van der Waals surface area (Å²) < 4.78 is 4.64. The predicted molar refractivity (Wildman–Crippen MR) is 81.3 cm³/mol. The Labute approximate surface area is 140 Å². The first-order valence-electron chi connectivity index (χ1n) is 6.86. The van der Waals surface area contributed by atoms with Crippen molar-refractivity contribution in [1.82, 2.24) is 10.2 Å². The fraction of sp³-hybridized carbons (Fsp3) is 0.200. The molecule has 128 valence electrons. The van der Waals surface area contributed by atoms with E-state index in [9.17, 15) is 29.3 Å². The van der Waals surface area contributed by atoms with Crippen LogP contribution in [-0.4, -0.2) is 53.2 Å². The van der Waals surface area contributed by atoms with Crippen molar-refractivity contribution < 1.29 is 28.8 Å². The van der Waals surface area contributed by atoms with Crippen molar-refractivity contribution in [3.8, 4) is 12.3 Å². The van der Waals surface area contributed by atoms with Gasteiger partial charge < -0.3 is 10.1 Å².